The lowest BCUT2D eigenvalue weighted by molar-refractivity contribution is 0.0602. The molecule has 0 bridgehead atoms. The highest BCUT2D eigenvalue weighted by atomic mass is 16.5. The molecule has 2 aliphatic rings. The molecule has 4 heteroatoms. The molecule has 2 aromatic carbocycles. The molecule has 0 aliphatic carbocycles. The largest absolute Gasteiger partial charge is 0.497 e. The van der Waals surface area contributed by atoms with Gasteiger partial charge in [0.05, 0.1) is 7.11 Å². The van der Waals surface area contributed by atoms with E-state index in [1.54, 1.807) is 7.11 Å². The Bertz CT molecular complexity index is 856. The molecule has 0 radical (unpaired) electrons. The number of anilines is 1. The summed E-state index contributed by atoms with van der Waals surface area (Å²) in [4.78, 5) is 17.9. The number of carbonyl (C=O) groups excluding carboxylic acids is 1. The molecule has 4 rings (SSSR count). The molecule has 1 amide bonds. The second-order valence-corrected chi connectivity index (χ2v) is 9.25. The normalized spacial score (nSPS) is 20.0. The molecule has 4 nitrogen and oxygen atoms in total. The van der Waals surface area contributed by atoms with Crippen molar-refractivity contribution in [2.24, 2.45) is 5.92 Å². The maximum atomic E-state index is 13.3. The Balaban J connectivity index is 1.39. The highest BCUT2D eigenvalue weighted by molar-refractivity contribution is 5.94. The smallest absolute Gasteiger partial charge is 0.254 e. The van der Waals surface area contributed by atoms with E-state index in [9.17, 15) is 4.79 Å². The van der Waals surface area contributed by atoms with E-state index in [4.69, 9.17) is 4.74 Å². The van der Waals surface area contributed by atoms with Gasteiger partial charge in [0.1, 0.15) is 5.75 Å². The number of methoxy groups -OCH3 is 1. The van der Waals surface area contributed by atoms with Crippen LogP contribution in [0.5, 0.6) is 5.75 Å². The third kappa shape index (κ3) is 5.41. The first kappa shape index (κ1) is 21.7. The zero-order chi connectivity index (χ0) is 21.6. The van der Waals surface area contributed by atoms with Crippen LogP contribution in [0.4, 0.5) is 5.69 Å². The van der Waals surface area contributed by atoms with Crippen LogP contribution in [0.25, 0.3) is 0 Å². The Morgan fingerprint density at radius 3 is 2.52 bits per heavy atom. The first-order valence-electron chi connectivity index (χ1n) is 11.9. The van der Waals surface area contributed by atoms with E-state index in [0.29, 0.717) is 6.04 Å². The minimum atomic E-state index is 0.189. The number of piperidine rings is 2. The molecule has 2 heterocycles. The van der Waals surface area contributed by atoms with Crippen LogP contribution in [-0.4, -0.2) is 43.6 Å². The van der Waals surface area contributed by atoms with Crippen molar-refractivity contribution < 1.29 is 9.53 Å². The van der Waals surface area contributed by atoms with Gasteiger partial charge >= 0.3 is 0 Å². The number of hydrogen-bond donors (Lipinski definition) is 0. The maximum Gasteiger partial charge on any atom is 0.254 e. The number of likely N-dealkylation sites (tertiary alicyclic amines) is 1. The van der Waals surface area contributed by atoms with Gasteiger partial charge < -0.3 is 14.5 Å². The van der Waals surface area contributed by atoms with E-state index in [1.165, 1.54) is 30.5 Å². The summed E-state index contributed by atoms with van der Waals surface area (Å²) in [5.74, 6) is 1.91. The summed E-state index contributed by atoms with van der Waals surface area (Å²) in [5.41, 5.74) is 3.34. The maximum absolute atomic E-state index is 13.3. The summed E-state index contributed by atoms with van der Waals surface area (Å²) in [6.45, 7) is 5.44. The summed E-state index contributed by atoms with van der Waals surface area (Å²) in [6.07, 6.45) is 7.89. The molecule has 2 fully saturated rings. The highest BCUT2D eigenvalue weighted by Gasteiger charge is 2.27. The van der Waals surface area contributed by atoms with Crippen molar-refractivity contribution in [1.29, 1.82) is 0 Å². The number of ether oxygens (including phenoxy) is 1. The number of rotatable bonds is 6. The number of aryl methyl sites for hydroxylation is 1. The lowest BCUT2D eigenvalue weighted by atomic mass is 9.95. The van der Waals surface area contributed by atoms with Crippen LogP contribution in [0.1, 0.15) is 61.4 Å². The summed E-state index contributed by atoms with van der Waals surface area (Å²) >= 11 is 0. The van der Waals surface area contributed by atoms with Crippen molar-refractivity contribution >= 4 is 11.6 Å². The molecule has 2 aliphatic heterocycles. The van der Waals surface area contributed by atoms with E-state index in [0.717, 1.165) is 62.5 Å². The lowest BCUT2D eigenvalue weighted by Gasteiger charge is -2.36. The quantitative estimate of drug-likeness (QED) is 0.613. The Morgan fingerprint density at radius 1 is 1.00 bits per heavy atom. The van der Waals surface area contributed by atoms with Crippen molar-refractivity contribution in [1.82, 2.24) is 4.90 Å². The van der Waals surface area contributed by atoms with Crippen LogP contribution in [-0.2, 0) is 6.42 Å². The second-order valence-electron chi connectivity index (χ2n) is 9.25. The van der Waals surface area contributed by atoms with E-state index in [2.05, 4.69) is 41.0 Å². The topological polar surface area (TPSA) is 32.8 Å². The Labute approximate surface area is 187 Å². The fraction of sp³-hybridized carbons (Fsp3) is 0.519. The van der Waals surface area contributed by atoms with Gasteiger partial charge in [-0.25, -0.2) is 0 Å². The van der Waals surface area contributed by atoms with Crippen molar-refractivity contribution in [2.75, 3.05) is 31.6 Å². The molecule has 0 N–H and O–H groups in total. The standard InChI is InChI=1S/C27H36N2O2/c1-21-15-18-28(19-16-21)24-13-10-23(11-14-24)27(30)29-17-4-3-7-25(29)12-9-22-6-5-8-26(20-22)31-2/h5-6,8,10-11,13-14,20-21,25H,3-4,7,9,12,15-19H2,1-2H3/t25-/m1/s1. The molecule has 2 aromatic rings. The minimum absolute atomic E-state index is 0.189. The first-order chi connectivity index (χ1) is 15.1. The van der Waals surface area contributed by atoms with Crippen LogP contribution >= 0.6 is 0 Å². The third-order valence-corrected chi connectivity index (χ3v) is 7.05. The molecule has 0 unspecified atom stereocenters. The number of amides is 1. The van der Waals surface area contributed by atoms with Crippen LogP contribution in [0.15, 0.2) is 48.5 Å². The molecular weight excluding hydrogens is 384 g/mol. The van der Waals surface area contributed by atoms with Gasteiger partial charge in [-0.1, -0.05) is 19.1 Å². The van der Waals surface area contributed by atoms with Gasteiger partial charge in [0.25, 0.3) is 5.91 Å². The van der Waals surface area contributed by atoms with Crippen LogP contribution in [0, 0.1) is 5.92 Å². The van der Waals surface area contributed by atoms with Gasteiger partial charge in [0.15, 0.2) is 0 Å². The summed E-state index contributed by atoms with van der Waals surface area (Å²) in [7, 11) is 1.71. The summed E-state index contributed by atoms with van der Waals surface area (Å²) < 4.78 is 5.35. The summed E-state index contributed by atoms with van der Waals surface area (Å²) in [6, 6.07) is 16.9. The molecule has 2 saturated heterocycles. The van der Waals surface area contributed by atoms with Gasteiger partial charge in [-0.2, -0.15) is 0 Å². The minimum Gasteiger partial charge on any atom is -0.497 e. The molecule has 0 spiro atoms. The van der Waals surface area contributed by atoms with Gasteiger partial charge in [0, 0.05) is 36.9 Å². The average Bonchev–Trinajstić information content (AvgIpc) is 2.83. The van der Waals surface area contributed by atoms with E-state index < -0.39 is 0 Å². The lowest BCUT2D eigenvalue weighted by Crippen LogP contribution is -2.44. The molecule has 0 saturated carbocycles. The molecule has 31 heavy (non-hydrogen) atoms. The molecular formula is C27H36N2O2. The zero-order valence-corrected chi connectivity index (χ0v) is 19.1. The molecule has 1 atom stereocenters. The number of carbonyl (C=O) groups is 1. The summed E-state index contributed by atoms with van der Waals surface area (Å²) in [5, 5.41) is 0. The van der Waals surface area contributed by atoms with Crippen molar-refractivity contribution in [2.45, 2.75) is 57.9 Å². The predicted octanol–water partition coefficient (Wildman–Crippen LogP) is 5.56. The zero-order valence-electron chi connectivity index (χ0n) is 19.1. The third-order valence-electron chi connectivity index (χ3n) is 7.05. The van der Waals surface area contributed by atoms with E-state index in [1.807, 2.05) is 24.3 Å². The van der Waals surface area contributed by atoms with Crippen molar-refractivity contribution in [3.8, 4) is 5.75 Å². The average molecular weight is 421 g/mol. The van der Waals surface area contributed by atoms with Crippen molar-refractivity contribution in [3.63, 3.8) is 0 Å². The van der Waals surface area contributed by atoms with Crippen molar-refractivity contribution in [3.05, 3.63) is 59.7 Å². The van der Waals surface area contributed by atoms with Gasteiger partial charge in [-0.05, 0) is 92.8 Å². The number of hydrogen-bond acceptors (Lipinski definition) is 3. The fourth-order valence-corrected chi connectivity index (χ4v) is 4.98. The fourth-order valence-electron chi connectivity index (χ4n) is 4.98. The van der Waals surface area contributed by atoms with Gasteiger partial charge in [0.2, 0.25) is 0 Å². The second kappa shape index (κ2) is 10.2. The Kier molecular flexibility index (Phi) is 7.16. The first-order valence-corrected chi connectivity index (χ1v) is 11.9. The van der Waals surface area contributed by atoms with Crippen LogP contribution in [0.2, 0.25) is 0 Å². The molecule has 0 aromatic heterocycles. The highest BCUT2D eigenvalue weighted by Crippen LogP contribution is 2.27. The van der Waals surface area contributed by atoms with Gasteiger partial charge in [-0.15, -0.1) is 0 Å². The number of benzene rings is 2. The molecule has 166 valence electrons. The predicted molar refractivity (Wildman–Crippen MR) is 127 cm³/mol. The Hall–Kier alpha value is -2.49. The Morgan fingerprint density at radius 2 is 1.77 bits per heavy atom. The van der Waals surface area contributed by atoms with Crippen LogP contribution in [0.3, 0.4) is 0 Å². The van der Waals surface area contributed by atoms with E-state index >= 15 is 0 Å². The SMILES string of the molecule is COc1cccc(CC[C@H]2CCCCN2C(=O)c2ccc(N3CCC(C)CC3)cc2)c1. The van der Waals surface area contributed by atoms with Crippen LogP contribution < -0.4 is 9.64 Å². The number of nitrogens with zero attached hydrogens (tertiary/aromatic N) is 2. The monoisotopic (exact) mass is 420 g/mol. The van der Waals surface area contributed by atoms with Gasteiger partial charge in [-0.3, -0.25) is 4.79 Å². The van der Waals surface area contributed by atoms with E-state index in [-0.39, 0.29) is 5.91 Å².